The Morgan fingerprint density at radius 3 is 2.58 bits per heavy atom. The van der Waals surface area contributed by atoms with Crippen LogP contribution in [0.15, 0.2) is 54.1 Å². The summed E-state index contributed by atoms with van der Waals surface area (Å²) >= 11 is 0. The van der Waals surface area contributed by atoms with Gasteiger partial charge in [-0.3, -0.25) is 33.8 Å². The molecule has 3 saturated heterocycles. The van der Waals surface area contributed by atoms with Gasteiger partial charge in [0.2, 0.25) is 11.9 Å². The molecular weight excluding hydrogens is 746 g/mol. The maximum Gasteiger partial charge on any atom is 0.330 e. The number of ether oxygens (including phenoxy) is 3. The Labute approximate surface area is 311 Å². The van der Waals surface area contributed by atoms with Crippen molar-refractivity contribution in [2.75, 3.05) is 30.5 Å². The largest absolute Gasteiger partial charge is 0.394 e. The summed E-state index contributed by atoms with van der Waals surface area (Å²) < 4.78 is 48.5. The molecule has 3 aliphatic rings. The van der Waals surface area contributed by atoms with Gasteiger partial charge in [-0.15, -0.1) is 0 Å². The average Bonchev–Trinajstić information content (AvgIpc) is 3.99. The zero-order chi connectivity index (χ0) is 38.6. The van der Waals surface area contributed by atoms with Gasteiger partial charge in [-0.2, -0.15) is 4.98 Å². The lowest BCUT2D eigenvalue weighted by atomic mass is 9.91. The van der Waals surface area contributed by atoms with Crippen molar-refractivity contribution >= 4 is 54.5 Å². The molecule has 0 aliphatic carbocycles. The van der Waals surface area contributed by atoms with Crippen molar-refractivity contribution in [1.82, 2.24) is 39.0 Å². The number of aliphatic hydroxyl groups is 1. The number of H-pyrrole nitrogens is 1. The summed E-state index contributed by atoms with van der Waals surface area (Å²) in [6.45, 7) is 4.40. The zero-order valence-corrected chi connectivity index (χ0v) is 30.4. The van der Waals surface area contributed by atoms with Gasteiger partial charge in [-0.1, -0.05) is 39.0 Å². The summed E-state index contributed by atoms with van der Waals surface area (Å²) in [4.78, 5) is 72.8. The minimum Gasteiger partial charge on any atom is -0.394 e. The fourth-order valence-corrected chi connectivity index (χ4v) is 7.64. The van der Waals surface area contributed by atoms with E-state index >= 15 is 4.39 Å². The molecule has 22 heteroatoms. The Morgan fingerprint density at radius 2 is 1.84 bits per heavy atom. The van der Waals surface area contributed by atoms with Gasteiger partial charge in [0.1, 0.15) is 30.2 Å². The van der Waals surface area contributed by atoms with E-state index in [2.05, 4.69) is 40.5 Å². The summed E-state index contributed by atoms with van der Waals surface area (Å²) in [5, 5.41) is 15.1. The van der Waals surface area contributed by atoms with E-state index in [1.54, 1.807) is 48.7 Å². The van der Waals surface area contributed by atoms with E-state index in [1.165, 1.54) is 23.5 Å². The van der Waals surface area contributed by atoms with Gasteiger partial charge in [0, 0.05) is 17.4 Å². The first-order valence-electron chi connectivity index (χ1n) is 17.3. The lowest BCUT2D eigenvalue weighted by molar-refractivity contribution is -0.182. The average molecular weight is 783 g/mol. The highest BCUT2D eigenvalue weighted by Gasteiger charge is 2.61. The summed E-state index contributed by atoms with van der Waals surface area (Å²) in [6, 6.07) is 8.66. The molecule has 4 aromatic heterocycles. The van der Waals surface area contributed by atoms with E-state index in [4.69, 9.17) is 23.3 Å². The van der Waals surface area contributed by atoms with Crippen LogP contribution >= 0.6 is 8.60 Å². The van der Waals surface area contributed by atoms with E-state index in [-0.39, 0.29) is 48.0 Å². The van der Waals surface area contributed by atoms with Crippen molar-refractivity contribution in [3.8, 4) is 0 Å². The molecule has 2 amide bonds. The predicted molar refractivity (Wildman–Crippen MR) is 189 cm³/mol. The number of imidazole rings is 2. The van der Waals surface area contributed by atoms with Crippen molar-refractivity contribution < 1.29 is 47.2 Å². The maximum atomic E-state index is 15.7. The number of carbonyl (C=O) groups is 2. The Kier molecular flexibility index (Phi) is 9.88. The third-order valence-electron chi connectivity index (χ3n) is 9.93. The normalized spacial score (nSPS) is 28.0. The monoisotopic (exact) mass is 782 g/mol. The van der Waals surface area contributed by atoms with E-state index < -0.39 is 75.1 Å². The van der Waals surface area contributed by atoms with Gasteiger partial charge in [-0.25, -0.2) is 24.3 Å². The minimum atomic E-state index is -2.79. The molecule has 1 aromatic carbocycles. The van der Waals surface area contributed by atoms with Crippen molar-refractivity contribution in [3.63, 3.8) is 0 Å². The summed E-state index contributed by atoms with van der Waals surface area (Å²) in [7, 11) is -2.79. The smallest absolute Gasteiger partial charge is 0.330 e. The minimum absolute atomic E-state index is 0.0642. The summed E-state index contributed by atoms with van der Waals surface area (Å²) in [5.41, 5.74) is -0.767. The second kappa shape index (κ2) is 14.7. The second-order valence-corrected chi connectivity index (χ2v) is 14.6. The molecule has 5 aromatic rings. The number of rotatable bonds is 12. The Hall–Kier alpha value is -4.86. The van der Waals surface area contributed by atoms with Crippen molar-refractivity contribution in [2.45, 2.75) is 63.3 Å². The zero-order valence-electron chi connectivity index (χ0n) is 29.5. The van der Waals surface area contributed by atoms with Crippen LogP contribution in [0.3, 0.4) is 0 Å². The van der Waals surface area contributed by atoms with Crippen molar-refractivity contribution in [3.05, 3.63) is 65.2 Å². The predicted octanol–water partition coefficient (Wildman–Crippen LogP) is 1.96. The molecule has 0 spiro atoms. The third-order valence-corrected chi connectivity index (χ3v) is 10.7. The lowest BCUT2D eigenvalue weighted by Gasteiger charge is -2.32. The molecule has 55 heavy (non-hydrogen) atoms. The highest BCUT2D eigenvalue weighted by molar-refractivity contribution is 7.40. The number of aromatic nitrogens is 8. The summed E-state index contributed by atoms with van der Waals surface area (Å²) in [5.74, 6) is -1.40. The molecular formula is C33H36FN10O10P. The highest BCUT2D eigenvalue weighted by atomic mass is 31.2. The van der Waals surface area contributed by atoms with Gasteiger partial charge >= 0.3 is 8.60 Å². The van der Waals surface area contributed by atoms with Crippen LogP contribution in [-0.4, -0.2) is 111 Å². The number of alkyl halides is 1. The molecule has 3 fully saturated rings. The fraction of sp³-hybridized carbons (Fsp3) is 0.455. The first-order valence-corrected chi connectivity index (χ1v) is 18.4. The van der Waals surface area contributed by atoms with Crippen LogP contribution in [0, 0.1) is 11.8 Å². The van der Waals surface area contributed by atoms with Gasteiger partial charge in [0.25, 0.3) is 11.5 Å². The van der Waals surface area contributed by atoms with Gasteiger partial charge in [0.05, 0.1) is 32.5 Å². The van der Waals surface area contributed by atoms with E-state index in [1.807, 2.05) is 6.92 Å². The maximum absolute atomic E-state index is 15.7. The van der Waals surface area contributed by atoms with Crippen LogP contribution in [0.5, 0.6) is 0 Å². The topological polar surface area (TPSA) is 252 Å². The standard InChI is InChI=1S/C33H36FN10O10P/c1-15(2)27(46)41-32-40-26-21(29(48)42-32)38-14-44(26)30-23(19(34)18(9-45)52-30)54-55(49)51-11-33-10-50-22(16(33)3)31(53-33)43-13-37-20-24(35-12-36-25(20)43)39-28(47)17-7-5-4-6-8-17/h4-8,12-16,18-19,22-23,30-31,45,49H,9-11H2,1-3H3,(H,35,36,39,47)(H2,40,41,42,46,48)/t16-,18+,19+,22+,23+,30+,31+,33+,55?/m0/s1. The number of carbonyl (C=O) groups excluding carboxylic acids is 2. The number of fused-ring (bicyclic) bond motifs is 4. The third kappa shape index (κ3) is 6.65. The Balaban J connectivity index is 0.973. The van der Waals surface area contributed by atoms with Crippen LogP contribution in [0.2, 0.25) is 0 Å². The van der Waals surface area contributed by atoms with E-state index in [0.717, 1.165) is 0 Å². The van der Waals surface area contributed by atoms with Crippen LogP contribution < -0.4 is 16.2 Å². The van der Waals surface area contributed by atoms with E-state index in [9.17, 15) is 24.4 Å². The first-order chi connectivity index (χ1) is 26.5. The molecule has 1 unspecified atom stereocenters. The van der Waals surface area contributed by atoms with Gasteiger partial charge < -0.3 is 38.6 Å². The fourth-order valence-electron chi connectivity index (χ4n) is 6.82. The lowest BCUT2D eigenvalue weighted by Crippen LogP contribution is -2.41. The second-order valence-electron chi connectivity index (χ2n) is 13.7. The molecule has 290 valence electrons. The Morgan fingerprint density at radius 1 is 1.09 bits per heavy atom. The van der Waals surface area contributed by atoms with Gasteiger partial charge in [-0.05, 0) is 12.1 Å². The molecule has 2 bridgehead atoms. The number of hydrogen-bond donors (Lipinski definition) is 5. The number of anilines is 2. The van der Waals surface area contributed by atoms with Gasteiger partial charge in [0.15, 0.2) is 46.8 Å². The SMILES string of the molecule is CC(C)C(=O)Nc1nc2c(ncn2[C@@H]2O[C@H](CO)[C@@H](F)[C@H]2OP(O)OC[C@@]23CO[C@@H]([C@H](n4cnc5c(NC(=O)c6ccccc6)ncnc54)O2)[C@@H]3C)c(=O)[nH]1. The highest BCUT2D eigenvalue weighted by Crippen LogP contribution is 2.52. The summed E-state index contributed by atoms with van der Waals surface area (Å²) in [6.07, 6.45) is -3.41. The number of nitrogens with zero attached hydrogens (tertiary/aromatic N) is 7. The van der Waals surface area contributed by atoms with E-state index in [0.29, 0.717) is 16.7 Å². The number of aromatic amines is 1. The van der Waals surface area contributed by atoms with Crippen LogP contribution in [0.4, 0.5) is 16.2 Å². The van der Waals surface area contributed by atoms with Crippen LogP contribution in [0.25, 0.3) is 22.3 Å². The molecule has 20 nitrogen and oxygen atoms in total. The quantitative estimate of drug-likeness (QED) is 0.113. The molecule has 8 rings (SSSR count). The molecule has 5 N–H and O–H groups in total. The van der Waals surface area contributed by atoms with Crippen molar-refractivity contribution in [1.29, 1.82) is 0 Å². The van der Waals surface area contributed by atoms with Crippen molar-refractivity contribution in [2.24, 2.45) is 11.8 Å². The number of benzene rings is 1. The number of hydrogen-bond acceptors (Lipinski definition) is 15. The molecule has 3 aliphatic heterocycles. The number of halogens is 1. The molecule has 0 radical (unpaired) electrons. The molecule has 0 saturated carbocycles. The molecule has 7 heterocycles. The Bertz CT molecular complexity index is 2290. The molecule has 9 atom stereocenters. The van der Waals surface area contributed by atoms with Crippen LogP contribution in [0.1, 0.15) is 43.6 Å². The number of nitrogens with one attached hydrogen (secondary N) is 3. The van der Waals surface area contributed by atoms with Crippen LogP contribution in [-0.2, 0) is 28.1 Å². The number of aliphatic hydroxyl groups excluding tert-OH is 1. The first kappa shape index (κ1) is 37.1. The number of amides is 2.